The van der Waals surface area contributed by atoms with Gasteiger partial charge in [0.1, 0.15) is 0 Å². The van der Waals surface area contributed by atoms with E-state index in [-0.39, 0.29) is 0 Å². The van der Waals surface area contributed by atoms with Crippen LogP contribution < -0.4 is 0 Å². The number of thioether (sulfide) groups is 2. The third-order valence-corrected chi connectivity index (χ3v) is 10.2. The Hall–Kier alpha value is 1.36. The standard InChI is InChI=1S/C16H24Br2S3/c17-15-13-11-19-9-7-5-3-1-2-4-6-8-10-20-12-14(21-13)16(15)18/h1-12H2. The number of hydrogen-bond donors (Lipinski definition) is 0. The van der Waals surface area contributed by atoms with Gasteiger partial charge in [-0.25, -0.2) is 0 Å². The molecule has 0 radical (unpaired) electrons. The van der Waals surface area contributed by atoms with E-state index in [0.717, 1.165) is 11.5 Å². The molecular formula is C16H24Br2S3. The molecule has 5 heteroatoms. The van der Waals surface area contributed by atoms with Crippen molar-refractivity contribution >= 4 is 66.7 Å². The van der Waals surface area contributed by atoms with Crippen LogP contribution in [0.1, 0.15) is 61.1 Å². The zero-order valence-corrected chi connectivity index (χ0v) is 18.1. The van der Waals surface area contributed by atoms with Crippen molar-refractivity contribution in [2.75, 3.05) is 11.5 Å². The van der Waals surface area contributed by atoms with Crippen molar-refractivity contribution in [3.05, 3.63) is 18.7 Å². The van der Waals surface area contributed by atoms with Crippen LogP contribution in [0.25, 0.3) is 0 Å². The lowest BCUT2D eigenvalue weighted by Crippen LogP contribution is -1.86. The summed E-state index contributed by atoms with van der Waals surface area (Å²) in [6, 6.07) is 0. The molecule has 1 aliphatic rings. The van der Waals surface area contributed by atoms with Crippen molar-refractivity contribution in [2.24, 2.45) is 0 Å². The van der Waals surface area contributed by atoms with Crippen LogP contribution in [-0.4, -0.2) is 11.5 Å². The third kappa shape index (κ3) is 6.78. The highest BCUT2D eigenvalue weighted by atomic mass is 79.9. The molecule has 2 bridgehead atoms. The molecule has 2 rings (SSSR count). The molecule has 0 atom stereocenters. The van der Waals surface area contributed by atoms with Gasteiger partial charge in [-0.05, 0) is 56.2 Å². The van der Waals surface area contributed by atoms with E-state index in [1.165, 1.54) is 81.6 Å². The first-order valence-electron chi connectivity index (χ1n) is 7.90. The number of thiophene rings is 1. The Labute approximate surface area is 158 Å². The van der Waals surface area contributed by atoms with Crippen LogP contribution >= 0.6 is 66.7 Å². The first kappa shape index (κ1) is 18.7. The molecule has 1 aromatic rings. The Morgan fingerprint density at radius 2 is 0.952 bits per heavy atom. The molecule has 0 aliphatic carbocycles. The summed E-state index contributed by atoms with van der Waals surface area (Å²) in [5.41, 5.74) is 0. The summed E-state index contributed by atoms with van der Waals surface area (Å²) in [5.74, 6) is 4.95. The van der Waals surface area contributed by atoms with Crippen molar-refractivity contribution in [3.63, 3.8) is 0 Å². The molecule has 2 heterocycles. The van der Waals surface area contributed by atoms with Crippen LogP contribution in [-0.2, 0) is 11.5 Å². The second-order valence-corrected chi connectivity index (χ2v) is 10.5. The number of fused-ring (bicyclic) bond motifs is 2. The summed E-state index contributed by atoms with van der Waals surface area (Å²) >= 11 is 13.7. The van der Waals surface area contributed by atoms with E-state index in [2.05, 4.69) is 55.4 Å². The molecule has 120 valence electrons. The van der Waals surface area contributed by atoms with Gasteiger partial charge in [0, 0.05) is 30.2 Å². The lowest BCUT2D eigenvalue weighted by molar-refractivity contribution is 0.587. The van der Waals surface area contributed by atoms with Gasteiger partial charge < -0.3 is 0 Å². The molecule has 0 N–H and O–H groups in total. The Morgan fingerprint density at radius 1 is 0.571 bits per heavy atom. The minimum atomic E-state index is 1.16. The van der Waals surface area contributed by atoms with E-state index in [0.29, 0.717) is 0 Å². The fourth-order valence-corrected chi connectivity index (χ4v) is 7.76. The van der Waals surface area contributed by atoms with Crippen LogP contribution in [0.5, 0.6) is 0 Å². The Bertz CT molecular complexity index is 381. The van der Waals surface area contributed by atoms with Gasteiger partial charge in [-0.1, -0.05) is 38.5 Å². The Balaban J connectivity index is 1.89. The molecular weight excluding hydrogens is 448 g/mol. The average molecular weight is 472 g/mol. The first-order valence-corrected chi connectivity index (χ1v) is 12.6. The summed E-state index contributed by atoms with van der Waals surface area (Å²) in [6.45, 7) is 0. The highest BCUT2D eigenvalue weighted by molar-refractivity contribution is 9.13. The van der Waals surface area contributed by atoms with Gasteiger partial charge in [0.05, 0.1) is 0 Å². The fraction of sp³-hybridized carbons (Fsp3) is 0.750. The molecule has 0 aromatic carbocycles. The maximum absolute atomic E-state index is 3.77. The molecule has 0 spiro atoms. The second-order valence-electron chi connectivity index (χ2n) is 5.51. The van der Waals surface area contributed by atoms with E-state index in [4.69, 9.17) is 0 Å². The van der Waals surface area contributed by atoms with Crippen molar-refractivity contribution in [3.8, 4) is 0 Å². The molecule has 1 aliphatic heterocycles. The largest absolute Gasteiger partial charge is 0.156 e. The summed E-state index contributed by atoms with van der Waals surface area (Å²) in [6.07, 6.45) is 11.4. The normalized spacial score (nSPS) is 20.1. The molecule has 0 saturated heterocycles. The van der Waals surface area contributed by atoms with E-state index < -0.39 is 0 Å². The zero-order chi connectivity index (χ0) is 14.9. The number of hydrogen-bond acceptors (Lipinski definition) is 3. The average Bonchev–Trinajstić information content (AvgIpc) is 2.75. The van der Waals surface area contributed by atoms with Gasteiger partial charge in [0.2, 0.25) is 0 Å². The van der Waals surface area contributed by atoms with Crippen molar-refractivity contribution < 1.29 is 0 Å². The summed E-state index contributed by atoms with van der Waals surface area (Å²) in [4.78, 5) is 3.01. The van der Waals surface area contributed by atoms with Gasteiger partial charge >= 0.3 is 0 Å². The van der Waals surface area contributed by atoms with Gasteiger partial charge in [-0.3, -0.25) is 0 Å². The summed E-state index contributed by atoms with van der Waals surface area (Å²) in [5, 5.41) is 0. The van der Waals surface area contributed by atoms with Crippen LogP contribution in [0.4, 0.5) is 0 Å². The van der Waals surface area contributed by atoms with Gasteiger partial charge in [-0.15, -0.1) is 11.3 Å². The molecule has 0 nitrogen and oxygen atoms in total. The van der Waals surface area contributed by atoms with E-state index in [1.54, 1.807) is 0 Å². The Kier molecular flexibility index (Phi) is 9.80. The molecule has 0 saturated carbocycles. The van der Waals surface area contributed by atoms with E-state index >= 15 is 0 Å². The van der Waals surface area contributed by atoms with Crippen LogP contribution in [0.2, 0.25) is 0 Å². The zero-order valence-electron chi connectivity index (χ0n) is 12.5. The van der Waals surface area contributed by atoms with E-state index in [1.807, 2.05) is 11.3 Å². The highest BCUT2D eigenvalue weighted by Crippen LogP contribution is 2.41. The maximum atomic E-state index is 3.77. The maximum Gasteiger partial charge on any atom is 0.0468 e. The first-order chi connectivity index (χ1) is 10.3. The smallest absolute Gasteiger partial charge is 0.0468 e. The van der Waals surface area contributed by atoms with Gasteiger partial charge in [0.25, 0.3) is 0 Å². The second kappa shape index (κ2) is 11.0. The minimum absolute atomic E-state index is 1.16. The van der Waals surface area contributed by atoms with Gasteiger partial charge in [-0.2, -0.15) is 23.5 Å². The quantitative estimate of drug-likeness (QED) is 0.377. The summed E-state index contributed by atoms with van der Waals surface area (Å²) < 4.78 is 2.61. The van der Waals surface area contributed by atoms with Crippen molar-refractivity contribution in [1.82, 2.24) is 0 Å². The molecule has 21 heavy (non-hydrogen) atoms. The predicted octanol–water partition coefficient (Wildman–Crippen LogP) is 7.87. The lowest BCUT2D eigenvalue weighted by Gasteiger charge is -2.03. The van der Waals surface area contributed by atoms with Crippen molar-refractivity contribution in [1.29, 1.82) is 0 Å². The fourth-order valence-electron chi connectivity index (χ4n) is 2.47. The van der Waals surface area contributed by atoms with Crippen molar-refractivity contribution in [2.45, 2.75) is 62.9 Å². The molecule has 0 fully saturated rings. The van der Waals surface area contributed by atoms with E-state index in [9.17, 15) is 0 Å². The lowest BCUT2D eigenvalue weighted by atomic mass is 10.1. The number of halogens is 2. The van der Waals surface area contributed by atoms with Gasteiger partial charge in [0.15, 0.2) is 0 Å². The molecule has 0 unspecified atom stereocenters. The summed E-state index contributed by atoms with van der Waals surface area (Å²) in [7, 11) is 0. The third-order valence-electron chi connectivity index (χ3n) is 3.72. The molecule has 0 amide bonds. The predicted molar refractivity (Wildman–Crippen MR) is 109 cm³/mol. The Morgan fingerprint density at radius 3 is 1.38 bits per heavy atom. The topological polar surface area (TPSA) is 0 Å². The number of rotatable bonds is 0. The molecule has 1 aromatic heterocycles. The SMILES string of the molecule is Brc1c2sc(c1Br)CSCCCCCCCCCCSC2. The van der Waals surface area contributed by atoms with Crippen LogP contribution in [0.15, 0.2) is 8.95 Å². The monoisotopic (exact) mass is 470 g/mol. The minimum Gasteiger partial charge on any atom is -0.156 e. The van der Waals surface area contributed by atoms with Crippen LogP contribution in [0, 0.1) is 0 Å². The van der Waals surface area contributed by atoms with Crippen LogP contribution in [0.3, 0.4) is 0 Å². The highest BCUT2D eigenvalue weighted by Gasteiger charge is 2.14.